The van der Waals surface area contributed by atoms with Crippen molar-refractivity contribution in [2.45, 2.75) is 18.3 Å². The Labute approximate surface area is 118 Å². The summed E-state index contributed by atoms with van der Waals surface area (Å²) in [6.45, 7) is 0.0912. The molecule has 0 saturated heterocycles. The number of fused-ring (bicyclic) bond motifs is 1. The van der Waals surface area contributed by atoms with Crippen molar-refractivity contribution in [3.63, 3.8) is 0 Å². The van der Waals surface area contributed by atoms with Gasteiger partial charge in [-0.1, -0.05) is 23.2 Å². The van der Waals surface area contributed by atoms with Crippen LogP contribution in [0.5, 0.6) is 5.75 Å². The van der Waals surface area contributed by atoms with Crippen LogP contribution in [0.4, 0.5) is 0 Å². The van der Waals surface area contributed by atoms with E-state index in [1.807, 2.05) is 0 Å². The molecule has 0 aromatic heterocycles. The molecule has 102 valence electrons. The van der Waals surface area contributed by atoms with Crippen LogP contribution in [0.25, 0.3) is 0 Å². The van der Waals surface area contributed by atoms with Crippen molar-refractivity contribution in [2.75, 3.05) is 6.61 Å². The van der Waals surface area contributed by atoms with Crippen LogP contribution in [0.1, 0.15) is 18.4 Å². The van der Waals surface area contributed by atoms with Gasteiger partial charge in [-0.25, -0.2) is 0 Å². The van der Waals surface area contributed by atoms with Gasteiger partial charge in [0.05, 0.1) is 18.1 Å². The van der Waals surface area contributed by atoms with Crippen LogP contribution in [-0.4, -0.2) is 28.8 Å². The van der Waals surface area contributed by atoms with E-state index in [1.54, 1.807) is 0 Å². The number of aliphatic carboxylic acids is 2. The Kier molecular flexibility index (Phi) is 3.60. The number of benzene rings is 1. The monoisotopic (exact) mass is 304 g/mol. The zero-order valence-electron chi connectivity index (χ0n) is 9.65. The molecule has 0 bridgehead atoms. The van der Waals surface area contributed by atoms with Crippen molar-refractivity contribution in [3.8, 4) is 5.75 Å². The summed E-state index contributed by atoms with van der Waals surface area (Å²) >= 11 is 11.8. The van der Waals surface area contributed by atoms with Crippen molar-refractivity contribution >= 4 is 35.1 Å². The van der Waals surface area contributed by atoms with Gasteiger partial charge in [0.15, 0.2) is 0 Å². The molecule has 1 aliphatic rings. The van der Waals surface area contributed by atoms with E-state index in [9.17, 15) is 14.7 Å². The van der Waals surface area contributed by atoms with Gasteiger partial charge in [-0.05, 0) is 12.1 Å². The number of carbonyl (C=O) groups is 2. The minimum absolute atomic E-state index is 0.0539. The van der Waals surface area contributed by atoms with Gasteiger partial charge < -0.3 is 14.9 Å². The Morgan fingerprint density at radius 3 is 2.58 bits per heavy atom. The molecule has 0 fully saturated rings. The molecule has 1 atom stereocenters. The second kappa shape index (κ2) is 4.90. The molecule has 0 radical (unpaired) electrons. The normalized spacial score (nSPS) is 21.4. The summed E-state index contributed by atoms with van der Waals surface area (Å²) in [6, 6.07) is 2.83. The quantitative estimate of drug-likeness (QED) is 0.896. The first-order chi connectivity index (χ1) is 8.86. The molecule has 7 heteroatoms. The lowest BCUT2D eigenvalue weighted by atomic mass is 9.73. The molecule has 5 nitrogen and oxygen atoms in total. The molecular formula is C12H10Cl2O5. The third-order valence-electron chi connectivity index (χ3n) is 3.16. The van der Waals surface area contributed by atoms with Crippen molar-refractivity contribution in [2.24, 2.45) is 0 Å². The van der Waals surface area contributed by atoms with Crippen molar-refractivity contribution in [1.29, 1.82) is 0 Å². The highest BCUT2D eigenvalue weighted by Gasteiger charge is 2.47. The standard InChI is InChI=1S/C12H10Cl2O5/c13-6-3-7-10(8(14)4-6)19-2-1-12(7,11(17)18)5-9(15)16/h3-4H,1-2,5H2,(H,15,16)(H,17,18). The van der Waals surface area contributed by atoms with E-state index in [-0.39, 0.29) is 34.4 Å². The Hall–Kier alpha value is -1.46. The molecular weight excluding hydrogens is 295 g/mol. The first-order valence-corrected chi connectivity index (χ1v) is 6.20. The third-order valence-corrected chi connectivity index (χ3v) is 3.66. The van der Waals surface area contributed by atoms with Crippen LogP contribution in [0.15, 0.2) is 12.1 Å². The van der Waals surface area contributed by atoms with Gasteiger partial charge in [0.1, 0.15) is 11.2 Å². The predicted molar refractivity (Wildman–Crippen MR) is 68.1 cm³/mol. The summed E-state index contributed by atoms with van der Waals surface area (Å²) in [4.78, 5) is 22.6. The highest BCUT2D eigenvalue weighted by atomic mass is 35.5. The molecule has 2 N–H and O–H groups in total. The minimum atomic E-state index is -1.56. The predicted octanol–water partition coefficient (Wildman–Crippen LogP) is 2.57. The second-order valence-corrected chi connectivity index (χ2v) is 5.16. The SMILES string of the molecule is O=C(O)CC1(C(=O)O)CCOc2c(Cl)cc(Cl)cc21. The van der Waals surface area contributed by atoms with Crippen molar-refractivity contribution in [3.05, 3.63) is 27.7 Å². The van der Waals surface area contributed by atoms with Gasteiger partial charge in [0, 0.05) is 17.0 Å². The number of ether oxygens (including phenoxy) is 1. The number of hydrogen-bond acceptors (Lipinski definition) is 3. The van der Waals surface area contributed by atoms with Gasteiger partial charge in [0.2, 0.25) is 0 Å². The largest absolute Gasteiger partial charge is 0.492 e. The molecule has 0 amide bonds. The zero-order valence-corrected chi connectivity index (χ0v) is 11.2. The highest BCUT2D eigenvalue weighted by Crippen LogP contribution is 2.46. The lowest BCUT2D eigenvalue weighted by molar-refractivity contribution is -0.151. The summed E-state index contributed by atoms with van der Waals surface area (Å²) in [6.07, 6.45) is -0.492. The number of carboxylic acid groups (broad SMARTS) is 2. The van der Waals surface area contributed by atoms with Gasteiger partial charge in [-0.3, -0.25) is 9.59 Å². The maximum atomic E-state index is 11.6. The maximum Gasteiger partial charge on any atom is 0.315 e. The van der Waals surface area contributed by atoms with Crippen LogP contribution in [0.2, 0.25) is 10.0 Å². The molecule has 1 heterocycles. The Morgan fingerprint density at radius 1 is 1.32 bits per heavy atom. The van der Waals surface area contributed by atoms with Crippen LogP contribution < -0.4 is 4.74 Å². The number of hydrogen-bond donors (Lipinski definition) is 2. The summed E-state index contributed by atoms with van der Waals surface area (Å²) in [5.41, 5.74) is -1.35. The second-order valence-electron chi connectivity index (χ2n) is 4.32. The van der Waals surface area contributed by atoms with E-state index in [0.717, 1.165) is 0 Å². The fraction of sp³-hybridized carbons (Fsp3) is 0.333. The third kappa shape index (κ3) is 2.35. The topological polar surface area (TPSA) is 83.8 Å². The average Bonchev–Trinajstić information content (AvgIpc) is 2.29. The van der Waals surface area contributed by atoms with Gasteiger partial charge in [-0.15, -0.1) is 0 Å². The molecule has 0 saturated carbocycles. The Morgan fingerprint density at radius 2 is 2.00 bits per heavy atom. The van der Waals surface area contributed by atoms with Crippen LogP contribution in [-0.2, 0) is 15.0 Å². The van der Waals surface area contributed by atoms with Crippen LogP contribution in [0, 0.1) is 0 Å². The van der Waals surface area contributed by atoms with E-state index < -0.39 is 23.8 Å². The van der Waals surface area contributed by atoms with E-state index in [1.165, 1.54) is 12.1 Å². The van der Waals surface area contributed by atoms with Crippen molar-refractivity contribution in [1.82, 2.24) is 0 Å². The minimum Gasteiger partial charge on any atom is -0.492 e. The maximum absolute atomic E-state index is 11.6. The highest BCUT2D eigenvalue weighted by molar-refractivity contribution is 6.35. The van der Waals surface area contributed by atoms with Gasteiger partial charge in [0.25, 0.3) is 0 Å². The van der Waals surface area contributed by atoms with Gasteiger partial charge >= 0.3 is 11.9 Å². The number of halogens is 2. The van der Waals surface area contributed by atoms with Crippen LogP contribution >= 0.6 is 23.2 Å². The molecule has 1 aromatic carbocycles. The fourth-order valence-electron chi connectivity index (χ4n) is 2.26. The molecule has 0 aliphatic carbocycles. The van der Waals surface area contributed by atoms with E-state index in [0.29, 0.717) is 0 Å². The lowest BCUT2D eigenvalue weighted by Crippen LogP contribution is -2.42. The summed E-state index contributed by atoms with van der Waals surface area (Å²) < 4.78 is 5.35. The first kappa shape index (κ1) is 14.0. The molecule has 2 rings (SSSR count). The lowest BCUT2D eigenvalue weighted by Gasteiger charge is -2.34. The van der Waals surface area contributed by atoms with E-state index in [4.69, 9.17) is 33.0 Å². The average molecular weight is 305 g/mol. The molecule has 1 aromatic rings. The molecule has 0 spiro atoms. The molecule has 1 aliphatic heterocycles. The van der Waals surface area contributed by atoms with E-state index in [2.05, 4.69) is 0 Å². The number of carboxylic acids is 2. The van der Waals surface area contributed by atoms with E-state index >= 15 is 0 Å². The summed E-state index contributed by atoms with van der Waals surface area (Å²) in [5, 5.41) is 18.9. The first-order valence-electron chi connectivity index (χ1n) is 5.44. The van der Waals surface area contributed by atoms with Gasteiger partial charge in [-0.2, -0.15) is 0 Å². The smallest absolute Gasteiger partial charge is 0.315 e. The summed E-state index contributed by atoms with van der Waals surface area (Å²) in [7, 11) is 0. The number of rotatable bonds is 3. The van der Waals surface area contributed by atoms with Crippen LogP contribution in [0.3, 0.4) is 0 Å². The Balaban J connectivity index is 2.67. The Bertz CT molecular complexity index is 557. The fourth-order valence-corrected chi connectivity index (χ4v) is 2.81. The summed E-state index contributed by atoms with van der Waals surface area (Å²) in [5.74, 6) is -2.23. The molecule has 19 heavy (non-hydrogen) atoms. The van der Waals surface area contributed by atoms with Crippen molar-refractivity contribution < 1.29 is 24.5 Å². The molecule has 1 unspecified atom stereocenters. The zero-order chi connectivity index (χ0) is 14.2.